The maximum Gasteiger partial charge on any atom is 0.397 e. The molecule has 0 aliphatic heterocycles. The summed E-state index contributed by atoms with van der Waals surface area (Å²) in [6.45, 7) is 3.30. The molecule has 3 heterocycles. The molecule has 3 rings (SSSR count). The number of aryl methyl sites for hydroxylation is 1. The Balaban J connectivity index is 2.05. The number of aromatic nitrogens is 4. The third kappa shape index (κ3) is 3.53. The summed E-state index contributed by atoms with van der Waals surface area (Å²) in [6, 6.07) is 6.16. The SMILES string of the molecule is CCOC(=O)C(=O)Nc1cc(-c2ccco2)nn1-c1nc(C)cc(=O)[nH]1. The first-order valence-corrected chi connectivity index (χ1v) is 7.68. The molecule has 0 saturated carbocycles. The van der Waals surface area contributed by atoms with E-state index in [-0.39, 0.29) is 23.9 Å². The third-order valence-corrected chi connectivity index (χ3v) is 3.24. The average molecular weight is 357 g/mol. The summed E-state index contributed by atoms with van der Waals surface area (Å²) in [4.78, 5) is 42.0. The molecule has 10 nitrogen and oxygen atoms in total. The predicted molar refractivity (Wildman–Crippen MR) is 89.7 cm³/mol. The van der Waals surface area contributed by atoms with E-state index < -0.39 is 11.9 Å². The Bertz CT molecular complexity index is 1000. The fraction of sp³-hybridized carbons (Fsp3) is 0.188. The van der Waals surface area contributed by atoms with E-state index in [9.17, 15) is 14.4 Å². The normalized spacial score (nSPS) is 10.5. The highest BCUT2D eigenvalue weighted by atomic mass is 16.5. The fourth-order valence-corrected chi connectivity index (χ4v) is 2.20. The minimum atomic E-state index is -1.04. The topological polar surface area (TPSA) is 132 Å². The van der Waals surface area contributed by atoms with Gasteiger partial charge in [-0.2, -0.15) is 9.78 Å². The molecule has 0 unspecified atom stereocenters. The van der Waals surface area contributed by atoms with Crippen LogP contribution in [0.1, 0.15) is 12.6 Å². The monoisotopic (exact) mass is 357 g/mol. The van der Waals surface area contributed by atoms with E-state index in [0.29, 0.717) is 17.1 Å². The van der Waals surface area contributed by atoms with Crippen LogP contribution in [0, 0.1) is 6.92 Å². The van der Waals surface area contributed by atoms with E-state index in [1.807, 2.05) is 0 Å². The number of aromatic amines is 1. The number of nitrogens with zero attached hydrogens (tertiary/aromatic N) is 3. The summed E-state index contributed by atoms with van der Waals surface area (Å²) in [5.41, 5.74) is 0.449. The number of furan rings is 1. The van der Waals surface area contributed by atoms with Crippen molar-refractivity contribution in [3.8, 4) is 17.4 Å². The smallest absolute Gasteiger partial charge is 0.397 e. The van der Waals surface area contributed by atoms with Gasteiger partial charge in [-0.25, -0.2) is 9.78 Å². The largest absolute Gasteiger partial charge is 0.463 e. The van der Waals surface area contributed by atoms with Crippen LogP contribution in [0.2, 0.25) is 0 Å². The summed E-state index contributed by atoms with van der Waals surface area (Å²) in [5, 5.41) is 6.69. The highest BCUT2D eigenvalue weighted by Gasteiger charge is 2.21. The van der Waals surface area contributed by atoms with E-state index in [0.717, 1.165) is 0 Å². The maximum atomic E-state index is 12.0. The Morgan fingerprint density at radius 3 is 2.85 bits per heavy atom. The van der Waals surface area contributed by atoms with E-state index in [1.54, 1.807) is 26.0 Å². The summed E-state index contributed by atoms with van der Waals surface area (Å²) in [5.74, 6) is -1.39. The van der Waals surface area contributed by atoms with Gasteiger partial charge in [0.05, 0.1) is 12.9 Å². The van der Waals surface area contributed by atoms with Gasteiger partial charge in [-0.05, 0) is 26.0 Å². The molecule has 26 heavy (non-hydrogen) atoms. The lowest BCUT2D eigenvalue weighted by atomic mass is 10.3. The Labute approximate surface area is 146 Å². The highest BCUT2D eigenvalue weighted by Crippen LogP contribution is 2.24. The van der Waals surface area contributed by atoms with Crippen LogP contribution in [0.25, 0.3) is 17.4 Å². The number of hydrogen-bond donors (Lipinski definition) is 2. The van der Waals surface area contributed by atoms with Gasteiger partial charge in [0.15, 0.2) is 5.76 Å². The second-order valence-electron chi connectivity index (χ2n) is 5.19. The van der Waals surface area contributed by atoms with Gasteiger partial charge >= 0.3 is 11.9 Å². The Morgan fingerprint density at radius 2 is 2.19 bits per heavy atom. The lowest BCUT2D eigenvalue weighted by Gasteiger charge is -2.07. The molecular formula is C16H15N5O5. The third-order valence-electron chi connectivity index (χ3n) is 3.24. The van der Waals surface area contributed by atoms with Crippen LogP contribution in [0.4, 0.5) is 5.82 Å². The van der Waals surface area contributed by atoms with Crippen LogP contribution in [-0.4, -0.2) is 38.2 Å². The van der Waals surface area contributed by atoms with Gasteiger partial charge < -0.3 is 14.5 Å². The molecule has 1 amide bonds. The van der Waals surface area contributed by atoms with Gasteiger partial charge in [-0.1, -0.05) is 0 Å². The molecule has 0 aliphatic carbocycles. The lowest BCUT2D eigenvalue weighted by molar-refractivity contribution is -0.152. The number of H-pyrrole nitrogens is 1. The zero-order chi connectivity index (χ0) is 18.7. The quantitative estimate of drug-likeness (QED) is 0.526. The summed E-state index contributed by atoms with van der Waals surface area (Å²) >= 11 is 0. The standard InChI is InChI=1S/C16H15N5O5/c1-3-25-15(24)14(23)18-12-8-10(11-5-4-6-26-11)20-21(12)16-17-9(2)7-13(22)19-16/h4-8H,3H2,1-2H3,(H,18,23)(H,17,19,22). The highest BCUT2D eigenvalue weighted by molar-refractivity contribution is 6.37. The molecule has 0 saturated heterocycles. The van der Waals surface area contributed by atoms with Crippen LogP contribution in [0.5, 0.6) is 0 Å². The molecule has 0 aliphatic rings. The first kappa shape index (κ1) is 17.1. The summed E-state index contributed by atoms with van der Waals surface area (Å²) in [6.07, 6.45) is 1.47. The van der Waals surface area contributed by atoms with Crippen molar-refractivity contribution >= 4 is 17.7 Å². The van der Waals surface area contributed by atoms with Gasteiger partial charge in [0.25, 0.3) is 5.56 Å². The molecule has 10 heteroatoms. The number of esters is 1. The van der Waals surface area contributed by atoms with Gasteiger partial charge in [-0.3, -0.25) is 14.6 Å². The van der Waals surface area contributed by atoms with Crippen molar-refractivity contribution in [3.63, 3.8) is 0 Å². The van der Waals surface area contributed by atoms with E-state index in [4.69, 9.17) is 4.42 Å². The average Bonchev–Trinajstić information content (AvgIpc) is 3.23. The second-order valence-corrected chi connectivity index (χ2v) is 5.19. The predicted octanol–water partition coefficient (Wildman–Crippen LogP) is 1.03. The lowest BCUT2D eigenvalue weighted by Crippen LogP contribution is -2.26. The van der Waals surface area contributed by atoms with E-state index in [2.05, 4.69) is 25.1 Å². The number of carbonyl (C=O) groups is 2. The fourth-order valence-electron chi connectivity index (χ4n) is 2.20. The molecule has 0 fully saturated rings. The van der Waals surface area contributed by atoms with Gasteiger partial charge in [0.2, 0.25) is 5.95 Å². The molecule has 3 aromatic rings. The second kappa shape index (κ2) is 7.05. The van der Waals surface area contributed by atoms with Crippen LogP contribution >= 0.6 is 0 Å². The Morgan fingerprint density at radius 1 is 1.38 bits per heavy atom. The number of anilines is 1. The first-order valence-electron chi connectivity index (χ1n) is 7.68. The van der Waals surface area contributed by atoms with Crippen LogP contribution < -0.4 is 10.9 Å². The maximum absolute atomic E-state index is 12.0. The zero-order valence-corrected chi connectivity index (χ0v) is 14.0. The number of hydrogen-bond acceptors (Lipinski definition) is 7. The minimum absolute atomic E-state index is 0.0654. The van der Waals surface area contributed by atoms with Gasteiger partial charge in [-0.15, -0.1) is 0 Å². The molecule has 0 atom stereocenters. The van der Waals surface area contributed by atoms with Crippen molar-refractivity contribution in [3.05, 3.63) is 46.6 Å². The molecule has 0 radical (unpaired) electrons. The molecule has 2 N–H and O–H groups in total. The molecule has 3 aromatic heterocycles. The molecule has 0 spiro atoms. The summed E-state index contributed by atoms with van der Waals surface area (Å²) in [7, 11) is 0. The van der Waals surface area contributed by atoms with E-state index >= 15 is 0 Å². The number of ether oxygens (including phenoxy) is 1. The van der Waals surface area contributed by atoms with Crippen LogP contribution in [-0.2, 0) is 14.3 Å². The number of amides is 1. The first-order chi connectivity index (χ1) is 12.5. The van der Waals surface area contributed by atoms with Crippen molar-refractivity contribution in [2.45, 2.75) is 13.8 Å². The van der Waals surface area contributed by atoms with Gasteiger partial charge in [0, 0.05) is 17.8 Å². The Kier molecular flexibility index (Phi) is 4.65. The van der Waals surface area contributed by atoms with Crippen molar-refractivity contribution < 1.29 is 18.7 Å². The van der Waals surface area contributed by atoms with Crippen LogP contribution in [0.15, 0.2) is 39.7 Å². The molecule has 134 valence electrons. The summed E-state index contributed by atoms with van der Waals surface area (Å²) < 4.78 is 11.2. The minimum Gasteiger partial charge on any atom is -0.463 e. The molecule has 0 bridgehead atoms. The van der Waals surface area contributed by atoms with E-state index in [1.165, 1.54) is 23.1 Å². The Hall–Kier alpha value is -3.69. The van der Waals surface area contributed by atoms with Crippen molar-refractivity contribution in [1.82, 2.24) is 19.7 Å². The van der Waals surface area contributed by atoms with Crippen molar-refractivity contribution in [1.29, 1.82) is 0 Å². The van der Waals surface area contributed by atoms with Gasteiger partial charge in [0.1, 0.15) is 11.5 Å². The van der Waals surface area contributed by atoms with Crippen molar-refractivity contribution in [2.75, 3.05) is 11.9 Å². The number of rotatable bonds is 4. The zero-order valence-electron chi connectivity index (χ0n) is 14.0. The molecular weight excluding hydrogens is 342 g/mol. The number of carbonyl (C=O) groups excluding carboxylic acids is 2. The van der Waals surface area contributed by atoms with Crippen molar-refractivity contribution in [2.24, 2.45) is 0 Å². The molecule has 0 aromatic carbocycles. The number of nitrogens with one attached hydrogen (secondary N) is 2. The van der Waals surface area contributed by atoms with Crippen LogP contribution in [0.3, 0.4) is 0 Å².